The Balaban J connectivity index is 1.93. The van der Waals surface area contributed by atoms with E-state index in [4.69, 9.17) is 0 Å². The molecular weight excluding hydrogens is 310 g/mol. The van der Waals surface area contributed by atoms with Crippen LogP contribution >= 0.6 is 15.9 Å². The molecule has 0 spiro atoms. The maximum Gasteiger partial charge on any atom is 0.0205 e. The van der Waals surface area contributed by atoms with Gasteiger partial charge in [-0.25, -0.2) is 0 Å². The summed E-state index contributed by atoms with van der Waals surface area (Å²) in [6.45, 7) is 8.56. The third-order valence-electron chi connectivity index (χ3n) is 3.67. The fourth-order valence-corrected chi connectivity index (χ4v) is 2.57. The predicted molar refractivity (Wildman–Crippen MR) is 90.1 cm³/mol. The van der Waals surface area contributed by atoms with Crippen LogP contribution in [0.15, 0.2) is 53.0 Å². The summed E-state index contributed by atoms with van der Waals surface area (Å²) in [5, 5.41) is 3.57. The lowest BCUT2D eigenvalue weighted by atomic mass is 9.84. The molecule has 0 saturated heterocycles. The summed E-state index contributed by atoms with van der Waals surface area (Å²) >= 11 is 3.54. The minimum atomic E-state index is 0.145. The molecule has 2 rings (SSSR count). The predicted octanol–water partition coefficient (Wildman–Crippen LogP) is 4.82. The Bertz CT molecular complexity index is 561. The molecule has 0 aliphatic carbocycles. The van der Waals surface area contributed by atoms with E-state index in [1.54, 1.807) is 0 Å². The maximum absolute atomic E-state index is 3.57. The van der Waals surface area contributed by atoms with Crippen molar-refractivity contribution in [1.82, 2.24) is 5.32 Å². The van der Waals surface area contributed by atoms with Crippen LogP contribution in [0.3, 0.4) is 0 Å². The first-order valence-corrected chi connectivity index (χ1v) is 7.79. The van der Waals surface area contributed by atoms with Crippen LogP contribution < -0.4 is 5.32 Å². The molecule has 1 nitrogen and oxygen atoms in total. The number of hydrogen-bond acceptors (Lipinski definition) is 1. The van der Waals surface area contributed by atoms with E-state index in [2.05, 4.69) is 90.5 Å². The fraction of sp³-hybridized carbons (Fsp3) is 0.333. The summed E-state index contributed by atoms with van der Waals surface area (Å²) in [5.41, 5.74) is 4.13. The molecule has 0 amide bonds. The van der Waals surface area contributed by atoms with Gasteiger partial charge < -0.3 is 5.32 Å². The molecule has 0 unspecified atom stereocenters. The number of nitrogens with one attached hydrogen (secondary N) is 1. The molecule has 0 saturated carbocycles. The average molecular weight is 332 g/mol. The minimum absolute atomic E-state index is 0.145. The largest absolute Gasteiger partial charge is 0.312 e. The molecule has 0 aliphatic heterocycles. The third-order valence-corrected chi connectivity index (χ3v) is 4.56. The normalized spacial score (nSPS) is 11.6. The van der Waals surface area contributed by atoms with Crippen molar-refractivity contribution >= 4 is 15.9 Å². The van der Waals surface area contributed by atoms with Crippen molar-refractivity contribution in [3.8, 4) is 0 Å². The highest BCUT2D eigenvalue weighted by atomic mass is 79.9. The van der Waals surface area contributed by atoms with E-state index in [-0.39, 0.29) is 5.41 Å². The maximum atomic E-state index is 3.57. The van der Waals surface area contributed by atoms with Crippen LogP contribution in [-0.2, 0) is 12.0 Å². The van der Waals surface area contributed by atoms with Crippen LogP contribution in [0, 0.1) is 6.92 Å². The number of aryl methyl sites for hydroxylation is 1. The van der Waals surface area contributed by atoms with Gasteiger partial charge in [-0.2, -0.15) is 0 Å². The minimum Gasteiger partial charge on any atom is -0.312 e. The lowest BCUT2D eigenvalue weighted by Gasteiger charge is -2.26. The van der Waals surface area contributed by atoms with E-state index in [9.17, 15) is 0 Å². The molecule has 2 aromatic carbocycles. The Hall–Kier alpha value is -1.12. The Morgan fingerprint density at radius 2 is 1.75 bits per heavy atom. The van der Waals surface area contributed by atoms with Crippen molar-refractivity contribution in [2.45, 2.75) is 32.7 Å². The molecule has 0 atom stereocenters. The number of hydrogen-bond donors (Lipinski definition) is 1. The van der Waals surface area contributed by atoms with Crippen molar-refractivity contribution in [3.63, 3.8) is 0 Å². The second-order valence-corrected chi connectivity index (χ2v) is 6.79. The van der Waals surface area contributed by atoms with E-state index in [0.717, 1.165) is 13.1 Å². The number of halogens is 1. The topological polar surface area (TPSA) is 12.0 Å². The van der Waals surface area contributed by atoms with Crippen molar-refractivity contribution in [2.24, 2.45) is 0 Å². The average Bonchev–Trinajstić information content (AvgIpc) is 2.44. The van der Waals surface area contributed by atoms with Crippen molar-refractivity contribution in [3.05, 3.63) is 69.7 Å². The van der Waals surface area contributed by atoms with Gasteiger partial charge in [0.2, 0.25) is 0 Å². The van der Waals surface area contributed by atoms with Crippen LogP contribution in [0.25, 0.3) is 0 Å². The molecule has 0 heterocycles. The molecule has 0 aliphatic rings. The van der Waals surface area contributed by atoms with E-state index in [1.807, 2.05) is 0 Å². The highest BCUT2D eigenvalue weighted by molar-refractivity contribution is 9.10. The Morgan fingerprint density at radius 1 is 1.05 bits per heavy atom. The summed E-state index contributed by atoms with van der Waals surface area (Å²) in [5.74, 6) is 0. The van der Waals surface area contributed by atoms with Gasteiger partial charge in [0.1, 0.15) is 0 Å². The summed E-state index contributed by atoms with van der Waals surface area (Å²) < 4.78 is 1.17. The van der Waals surface area contributed by atoms with Crippen LogP contribution in [-0.4, -0.2) is 6.54 Å². The summed E-state index contributed by atoms with van der Waals surface area (Å²) in [6, 6.07) is 17.2. The van der Waals surface area contributed by atoms with Crippen LogP contribution in [0.2, 0.25) is 0 Å². The zero-order valence-corrected chi connectivity index (χ0v) is 14.0. The lowest BCUT2D eigenvalue weighted by Crippen LogP contribution is -2.32. The van der Waals surface area contributed by atoms with Gasteiger partial charge in [0.15, 0.2) is 0 Å². The SMILES string of the molecule is Cc1cc(CNCC(C)(C)c2ccccc2)ccc1Br. The van der Waals surface area contributed by atoms with Gasteiger partial charge in [0, 0.05) is 23.0 Å². The number of benzene rings is 2. The summed E-state index contributed by atoms with van der Waals surface area (Å²) in [6.07, 6.45) is 0. The van der Waals surface area contributed by atoms with Gasteiger partial charge >= 0.3 is 0 Å². The first-order chi connectivity index (χ1) is 9.49. The van der Waals surface area contributed by atoms with Gasteiger partial charge in [-0.05, 0) is 29.7 Å². The van der Waals surface area contributed by atoms with Crippen LogP contribution in [0.1, 0.15) is 30.5 Å². The van der Waals surface area contributed by atoms with Gasteiger partial charge in [0.25, 0.3) is 0 Å². The Labute approximate surface area is 130 Å². The van der Waals surface area contributed by atoms with E-state index in [1.165, 1.54) is 21.2 Å². The quantitative estimate of drug-likeness (QED) is 0.827. The van der Waals surface area contributed by atoms with Crippen LogP contribution in [0.5, 0.6) is 0 Å². The molecule has 106 valence electrons. The molecule has 1 N–H and O–H groups in total. The first-order valence-electron chi connectivity index (χ1n) is 7.00. The molecule has 2 heteroatoms. The monoisotopic (exact) mass is 331 g/mol. The van der Waals surface area contributed by atoms with Gasteiger partial charge in [-0.1, -0.05) is 72.2 Å². The van der Waals surface area contributed by atoms with E-state index >= 15 is 0 Å². The molecule has 0 bridgehead atoms. The highest BCUT2D eigenvalue weighted by Crippen LogP contribution is 2.22. The zero-order valence-electron chi connectivity index (χ0n) is 12.4. The smallest absolute Gasteiger partial charge is 0.0205 e. The molecule has 0 fully saturated rings. The van der Waals surface area contributed by atoms with E-state index < -0.39 is 0 Å². The van der Waals surface area contributed by atoms with Crippen LogP contribution in [0.4, 0.5) is 0 Å². The molecule has 0 radical (unpaired) electrons. The highest BCUT2D eigenvalue weighted by Gasteiger charge is 2.19. The second-order valence-electron chi connectivity index (χ2n) is 5.94. The molecule has 20 heavy (non-hydrogen) atoms. The molecule has 2 aromatic rings. The van der Waals surface area contributed by atoms with Gasteiger partial charge in [-0.15, -0.1) is 0 Å². The first kappa shape index (κ1) is 15.3. The third kappa shape index (κ3) is 3.94. The zero-order chi connectivity index (χ0) is 14.6. The lowest BCUT2D eigenvalue weighted by molar-refractivity contribution is 0.469. The Kier molecular flexibility index (Phi) is 5.00. The molecule has 0 aromatic heterocycles. The summed E-state index contributed by atoms with van der Waals surface area (Å²) in [7, 11) is 0. The van der Waals surface area contributed by atoms with Crippen molar-refractivity contribution < 1.29 is 0 Å². The van der Waals surface area contributed by atoms with Gasteiger partial charge in [0.05, 0.1) is 0 Å². The second kappa shape index (κ2) is 6.55. The van der Waals surface area contributed by atoms with Crippen molar-refractivity contribution in [2.75, 3.05) is 6.54 Å². The Morgan fingerprint density at radius 3 is 2.40 bits per heavy atom. The number of rotatable bonds is 5. The standard InChI is InChI=1S/C18H22BrN/c1-14-11-15(9-10-17(14)19)12-20-13-18(2,3)16-7-5-4-6-8-16/h4-11,20H,12-13H2,1-3H3. The van der Waals surface area contributed by atoms with E-state index in [0.29, 0.717) is 0 Å². The molecular formula is C18H22BrN. The van der Waals surface area contributed by atoms with Crippen molar-refractivity contribution in [1.29, 1.82) is 0 Å². The summed E-state index contributed by atoms with van der Waals surface area (Å²) in [4.78, 5) is 0. The fourth-order valence-electron chi connectivity index (χ4n) is 2.33. The van der Waals surface area contributed by atoms with Gasteiger partial charge in [-0.3, -0.25) is 0 Å².